The summed E-state index contributed by atoms with van der Waals surface area (Å²) in [7, 11) is 0. The van der Waals surface area contributed by atoms with Crippen molar-refractivity contribution in [2.75, 3.05) is 0 Å². The van der Waals surface area contributed by atoms with Gasteiger partial charge in [-0.1, -0.05) is 25.1 Å². The van der Waals surface area contributed by atoms with Crippen molar-refractivity contribution in [1.29, 1.82) is 0 Å². The van der Waals surface area contributed by atoms with Crippen molar-refractivity contribution in [3.05, 3.63) is 48.4 Å². The topological polar surface area (TPSA) is 69.6 Å². The molecule has 0 aliphatic rings. The second-order valence-electron chi connectivity index (χ2n) is 4.90. The summed E-state index contributed by atoms with van der Waals surface area (Å²) in [6.45, 7) is 4.80. The highest BCUT2D eigenvalue weighted by Crippen LogP contribution is 2.18. The van der Waals surface area contributed by atoms with Gasteiger partial charge in [0.05, 0.1) is 18.1 Å². The van der Waals surface area contributed by atoms with Gasteiger partial charge in [-0.2, -0.15) is 0 Å². The molecule has 0 aromatic carbocycles. The van der Waals surface area contributed by atoms with E-state index in [0.717, 1.165) is 17.1 Å². The summed E-state index contributed by atoms with van der Waals surface area (Å²) >= 11 is 0. The van der Waals surface area contributed by atoms with Gasteiger partial charge in [-0.3, -0.25) is 4.98 Å². The van der Waals surface area contributed by atoms with Crippen LogP contribution >= 0.6 is 0 Å². The van der Waals surface area contributed by atoms with Crippen LogP contribution in [0.1, 0.15) is 31.1 Å². The first-order chi connectivity index (χ1) is 9.72. The summed E-state index contributed by atoms with van der Waals surface area (Å²) < 4.78 is 6.88. The molecule has 0 saturated heterocycles. The van der Waals surface area contributed by atoms with Crippen molar-refractivity contribution >= 4 is 0 Å². The molecule has 3 aromatic rings. The Bertz CT molecular complexity index is 670. The summed E-state index contributed by atoms with van der Waals surface area (Å²) in [5.41, 5.74) is 2.78. The van der Waals surface area contributed by atoms with E-state index in [1.165, 1.54) is 12.0 Å². The van der Waals surface area contributed by atoms with Crippen molar-refractivity contribution in [3.8, 4) is 11.4 Å². The third kappa shape index (κ3) is 2.59. The zero-order chi connectivity index (χ0) is 13.9. The lowest BCUT2D eigenvalue weighted by Gasteiger charge is -2.04. The molecule has 0 fully saturated rings. The largest absolute Gasteiger partial charge is 0.447 e. The molecule has 3 heterocycles. The average Bonchev–Trinajstić information content (AvgIpc) is 3.11. The number of hydrogen-bond donors (Lipinski definition) is 0. The van der Waals surface area contributed by atoms with Gasteiger partial charge in [0.25, 0.3) is 0 Å². The fourth-order valence-electron chi connectivity index (χ4n) is 1.87. The molecule has 6 heteroatoms. The Kier molecular flexibility index (Phi) is 3.28. The molecule has 0 atom stereocenters. The summed E-state index contributed by atoms with van der Waals surface area (Å²) in [5, 5.41) is 8.19. The van der Waals surface area contributed by atoms with Crippen LogP contribution in [0.3, 0.4) is 0 Å². The van der Waals surface area contributed by atoms with Gasteiger partial charge in [-0.15, -0.1) is 5.10 Å². The van der Waals surface area contributed by atoms with Crippen molar-refractivity contribution in [1.82, 2.24) is 25.0 Å². The van der Waals surface area contributed by atoms with Crippen molar-refractivity contribution in [2.24, 2.45) is 0 Å². The van der Waals surface area contributed by atoms with Crippen LogP contribution in [0.5, 0.6) is 0 Å². The van der Waals surface area contributed by atoms with E-state index in [0.29, 0.717) is 12.5 Å². The van der Waals surface area contributed by atoms with E-state index < -0.39 is 0 Å². The Labute approximate surface area is 116 Å². The van der Waals surface area contributed by atoms with Gasteiger partial charge in [0, 0.05) is 6.20 Å². The van der Waals surface area contributed by atoms with E-state index >= 15 is 0 Å². The summed E-state index contributed by atoms with van der Waals surface area (Å²) in [6, 6.07) is 4.04. The maximum atomic E-state index is 5.18. The monoisotopic (exact) mass is 269 g/mol. The number of pyridine rings is 1. The molecule has 3 aromatic heterocycles. The van der Waals surface area contributed by atoms with E-state index in [1.54, 1.807) is 10.9 Å². The molecule has 20 heavy (non-hydrogen) atoms. The molecule has 0 aliphatic heterocycles. The van der Waals surface area contributed by atoms with Gasteiger partial charge in [-0.25, -0.2) is 9.67 Å². The molecular weight excluding hydrogens is 254 g/mol. The van der Waals surface area contributed by atoms with Gasteiger partial charge in [0.1, 0.15) is 18.0 Å². The highest BCUT2D eigenvalue weighted by molar-refractivity contribution is 5.52. The zero-order valence-corrected chi connectivity index (χ0v) is 11.4. The summed E-state index contributed by atoms with van der Waals surface area (Å²) in [4.78, 5) is 8.30. The van der Waals surface area contributed by atoms with Gasteiger partial charge < -0.3 is 4.42 Å². The van der Waals surface area contributed by atoms with Crippen LogP contribution in [0.2, 0.25) is 0 Å². The highest BCUT2D eigenvalue weighted by Gasteiger charge is 2.07. The van der Waals surface area contributed by atoms with E-state index in [-0.39, 0.29) is 0 Å². The van der Waals surface area contributed by atoms with E-state index in [2.05, 4.69) is 40.2 Å². The Morgan fingerprint density at radius 3 is 2.75 bits per heavy atom. The average molecular weight is 269 g/mol. The first kappa shape index (κ1) is 12.5. The maximum absolute atomic E-state index is 5.18. The van der Waals surface area contributed by atoms with Crippen molar-refractivity contribution in [3.63, 3.8) is 0 Å². The van der Waals surface area contributed by atoms with Gasteiger partial charge in [0.2, 0.25) is 0 Å². The molecule has 0 amide bonds. The predicted molar refractivity (Wildman–Crippen MR) is 72.9 cm³/mol. The van der Waals surface area contributed by atoms with Crippen LogP contribution in [0, 0.1) is 0 Å². The normalized spacial score (nSPS) is 11.2. The van der Waals surface area contributed by atoms with Crippen LogP contribution in [0.25, 0.3) is 11.4 Å². The van der Waals surface area contributed by atoms with E-state index in [9.17, 15) is 0 Å². The first-order valence-electron chi connectivity index (χ1n) is 6.46. The summed E-state index contributed by atoms with van der Waals surface area (Å²) in [5.74, 6) is 1.21. The second-order valence-corrected chi connectivity index (χ2v) is 4.90. The highest BCUT2D eigenvalue weighted by atomic mass is 16.3. The predicted octanol–water partition coefficient (Wildman–Crippen LogP) is 2.50. The standard InChI is InChI=1S/C14H15N5O/c1-10(2)11-3-4-13(16-5-11)14-8-19(18-17-14)7-12-6-15-9-20-12/h3-6,8-10H,7H2,1-2H3. The van der Waals surface area contributed by atoms with Gasteiger partial charge in [-0.05, 0) is 17.5 Å². The van der Waals surface area contributed by atoms with Gasteiger partial charge in [0.15, 0.2) is 6.39 Å². The van der Waals surface area contributed by atoms with Crippen LogP contribution < -0.4 is 0 Å². The van der Waals surface area contributed by atoms with E-state index in [1.807, 2.05) is 18.5 Å². The van der Waals surface area contributed by atoms with Crippen LogP contribution in [-0.4, -0.2) is 25.0 Å². The zero-order valence-electron chi connectivity index (χ0n) is 11.4. The molecule has 102 valence electrons. The maximum Gasteiger partial charge on any atom is 0.180 e. The second kappa shape index (κ2) is 5.24. The van der Waals surface area contributed by atoms with Crippen LogP contribution in [0.4, 0.5) is 0 Å². The van der Waals surface area contributed by atoms with Crippen molar-refractivity contribution < 1.29 is 4.42 Å². The fourth-order valence-corrected chi connectivity index (χ4v) is 1.87. The lowest BCUT2D eigenvalue weighted by Crippen LogP contribution is -1.98. The minimum atomic E-state index is 0.471. The first-order valence-corrected chi connectivity index (χ1v) is 6.46. The van der Waals surface area contributed by atoms with Crippen LogP contribution in [-0.2, 0) is 6.54 Å². The number of nitrogens with zero attached hydrogens (tertiary/aromatic N) is 5. The Hall–Kier alpha value is -2.50. The minimum Gasteiger partial charge on any atom is -0.447 e. The number of hydrogen-bond acceptors (Lipinski definition) is 5. The van der Waals surface area contributed by atoms with Crippen LogP contribution in [0.15, 0.2) is 41.5 Å². The number of oxazole rings is 1. The lowest BCUT2D eigenvalue weighted by atomic mass is 10.1. The molecule has 0 bridgehead atoms. The molecule has 3 rings (SSSR count). The Morgan fingerprint density at radius 1 is 1.20 bits per heavy atom. The fraction of sp³-hybridized carbons (Fsp3) is 0.286. The third-order valence-electron chi connectivity index (χ3n) is 3.06. The molecule has 0 saturated carbocycles. The number of aromatic nitrogens is 5. The molecule has 0 N–H and O–H groups in total. The SMILES string of the molecule is CC(C)c1ccc(-c2cn(Cc3cnco3)nn2)nc1. The Morgan fingerprint density at radius 2 is 2.10 bits per heavy atom. The minimum absolute atomic E-state index is 0.471. The molecular formula is C14H15N5O. The van der Waals surface area contributed by atoms with Gasteiger partial charge >= 0.3 is 0 Å². The smallest absolute Gasteiger partial charge is 0.180 e. The lowest BCUT2D eigenvalue weighted by molar-refractivity contribution is 0.471. The van der Waals surface area contributed by atoms with Crippen molar-refractivity contribution in [2.45, 2.75) is 26.3 Å². The Balaban J connectivity index is 1.79. The summed E-state index contributed by atoms with van der Waals surface area (Å²) in [6.07, 6.45) is 6.80. The molecule has 0 radical (unpaired) electrons. The third-order valence-corrected chi connectivity index (χ3v) is 3.06. The molecule has 0 spiro atoms. The molecule has 0 unspecified atom stereocenters. The molecule has 0 aliphatic carbocycles. The molecule has 6 nitrogen and oxygen atoms in total. The number of rotatable bonds is 4. The van der Waals surface area contributed by atoms with E-state index in [4.69, 9.17) is 4.42 Å². The quantitative estimate of drug-likeness (QED) is 0.727.